The number of nitriles is 3. The predicted molar refractivity (Wildman–Crippen MR) is 251 cm³/mol. The van der Waals surface area contributed by atoms with Gasteiger partial charge in [-0.1, -0.05) is 146 Å². The van der Waals surface area contributed by atoms with Crippen LogP contribution in [0.25, 0.3) is 99.5 Å². The largest absolute Gasteiger partial charge is 0.309 e. The molecule has 0 N–H and O–H groups in total. The van der Waals surface area contributed by atoms with Crippen molar-refractivity contribution in [2.75, 3.05) is 0 Å². The molecule has 0 aliphatic rings. The normalized spacial score (nSPS) is 11.2. The van der Waals surface area contributed by atoms with Gasteiger partial charge in [-0.05, 0) is 82.4 Å². The SMILES string of the molecule is N#Cc1cc(-c2cc(-c3ccccc3)c(C#N)c(-c3ccccc3)c2C#N)ccc1-c1ccc2c3c(ccc4c5ccccc5n(-c5ccccc5)c43)n(-c3ccccc3)c2c1. The first kappa shape index (κ1) is 36.2. The van der Waals surface area contributed by atoms with Crippen molar-refractivity contribution in [3.63, 3.8) is 0 Å². The summed E-state index contributed by atoms with van der Waals surface area (Å²) in [6, 6.07) is 75.1. The van der Waals surface area contributed by atoms with E-state index in [1.807, 2.05) is 91.0 Å². The van der Waals surface area contributed by atoms with Gasteiger partial charge in [-0.2, -0.15) is 15.8 Å². The van der Waals surface area contributed by atoms with Gasteiger partial charge in [0, 0.05) is 49.6 Å². The Labute approximate surface area is 358 Å². The number of rotatable bonds is 6. The van der Waals surface area contributed by atoms with Crippen molar-refractivity contribution in [1.29, 1.82) is 15.8 Å². The summed E-state index contributed by atoms with van der Waals surface area (Å²) in [5.74, 6) is 0. The van der Waals surface area contributed by atoms with Gasteiger partial charge in [0.05, 0.1) is 44.8 Å². The third kappa shape index (κ3) is 5.60. The molecule has 0 radical (unpaired) electrons. The Morgan fingerprint density at radius 3 is 1.55 bits per heavy atom. The van der Waals surface area contributed by atoms with E-state index in [-0.39, 0.29) is 0 Å². The molecule has 0 fully saturated rings. The number of hydrogen-bond acceptors (Lipinski definition) is 3. The minimum Gasteiger partial charge on any atom is -0.309 e. The lowest BCUT2D eigenvalue weighted by Gasteiger charge is -2.17. The molecule has 0 saturated heterocycles. The molecule has 5 nitrogen and oxygen atoms in total. The van der Waals surface area contributed by atoms with E-state index in [1.165, 1.54) is 10.8 Å². The van der Waals surface area contributed by atoms with Gasteiger partial charge < -0.3 is 9.13 Å². The Kier molecular flexibility index (Phi) is 8.57. The monoisotopic (exact) mass is 787 g/mol. The average Bonchev–Trinajstić information content (AvgIpc) is 3.86. The lowest BCUT2D eigenvalue weighted by molar-refractivity contribution is 1.17. The molecule has 0 saturated carbocycles. The zero-order valence-electron chi connectivity index (χ0n) is 33.3. The van der Waals surface area contributed by atoms with Gasteiger partial charge in [-0.15, -0.1) is 0 Å². The topological polar surface area (TPSA) is 81.2 Å². The summed E-state index contributed by atoms with van der Waals surface area (Å²) in [5, 5.41) is 36.9. The summed E-state index contributed by atoms with van der Waals surface area (Å²) in [4.78, 5) is 0. The highest BCUT2D eigenvalue weighted by atomic mass is 15.0. The van der Waals surface area contributed by atoms with Crippen LogP contribution in [0.5, 0.6) is 0 Å². The Hall–Kier alpha value is -8.95. The lowest BCUT2D eigenvalue weighted by Crippen LogP contribution is -1.98. The van der Waals surface area contributed by atoms with Crippen LogP contribution in [-0.4, -0.2) is 9.13 Å². The minimum atomic E-state index is 0.386. The molecule has 0 bridgehead atoms. The van der Waals surface area contributed by atoms with Crippen molar-refractivity contribution < 1.29 is 0 Å². The highest BCUT2D eigenvalue weighted by Gasteiger charge is 2.24. The van der Waals surface area contributed by atoms with Crippen LogP contribution >= 0.6 is 0 Å². The van der Waals surface area contributed by atoms with Crippen molar-refractivity contribution in [3.8, 4) is 74.1 Å². The summed E-state index contributed by atoms with van der Waals surface area (Å²) in [6.45, 7) is 0. The minimum absolute atomic E-state index is 0.386. The summed E-state index contributed by atoms with van der Waals surface area (Å²) in [6.07, 6.45) is 0. The molecule has 0 atom stereocenters. The predicted octanol–water partition coefficient (Wildman–Crippen LogP) is 14.2. The third-order valence-corrected chi connectivity index (χ3v) is 12.1. The summed E-state index contributed by atoms with van der Waals surface area (Å²) in [7, 11) is 0. The zero-order valence-corrected chi connectivity index (χ0v) is 33.3. The molecule has 5 heteroatoms. The van der Waals surface area contributed by atoms with Crippen molar-refractivity contribution in [2.45, 2.75) is 0 Å². The van der Waals surface area contributed by atoms with E-state index in [9.17, 15) is 15.8 Å². The first-order valence-corrected chi connectivity index (χ1v) is 20.4. The van der Waals surface area contributed by atoms with Gasteiger partial charge >= 0.3 is 0 Å². The van der Waals surface area contributed by atoms with Crippen molar-refractivity contribution >= 4 is 43.6 Å². The second-order valence-electron chi connectivity index (χ2n) is 15.4. The fourth-order valence-corrected chi connectivity index (χ4v) is 9.36. The molecule has 0 amide bonds. The highest BCUT2D eigenvalue weighted by Crippen LogP contribution is 2.45. The number of fused-ring (bicyclic) bond motifs is 7. The first-order chi connectivity index (χ1) is 30.7. The second kappa shape index (κ2) is 14.7. The standard InChI is InChI=1S/C57H33N5/c58-34-41-31-39(49-33-48(37-15-5-1-6-16-37)50(35-59)55(51(49)36-60)38-17-7-2-8-18-38)25-27-44(41)40-26-28-47-54(32-40)61(42-19-9-3-10-20-42)53-30-29-46-45-23-13-14-24-52(45)62(57(46)56(47)53)43-21-11-4-12-22-43/h1-33H. The number of hydrogen-bond donors (Lipinski definition) is 0. The Morgan fingerprint density at radius 2 is 0.887 bits per heavy atom. The van der Waals surface area contributed by atoms with Crippen molar-refractivity contribution in [2.24, 2.45) is 0 Å². The second-order valence-corrected chi connectivity index (χ2v) is 15.4. The Balaban J connectivity index is 1.15. The van der Waals surface area contributed by atoms with Gasteiger partial charge in [-0.3, -0.25) is 0 Å². The lowest BCUT2D eigenvalue weighted by atomic mass is 9.83. The van der Waals surface area contributed by atoms with E-state index < -0.39 is 0 Å². The van der Waals surface area contributed by atoms with Crippen LogP contribution in [0.15, 0.2) is 200 Å². The first-order valence-electron chi connectivity index (χ1n) is 20.4. The van der Waals surface area contributed by atoms with Crippen LogP contribution < -0.4 is 0 Å². The van der Waals surface area contributed by atoms with Gasteiger partial charge in [0.25, 0.3) is 0 Å². The van der Waals surface area contributed by atoms with Crippen LogP contribution in [0.1, 0.15) is 16.7 Å². The van der Waals surface area contributed by atoms with Crippen LogP contribution in [-0.2, 0) is 0 Å². The Morgan fingerprint density at radius 1 is 0.339 bits per heavy atom. The van der Waals surface area contributed by atoms with Crippen molar-refractivity contribution in [1.82, 2.24) is 9.13 Å². The molecule has 2 aromatic heterocycles. The van der Waals surface area contributed by atoms with Crippen molar-refractivity contribution in [3.05, 3.63) is 217 Å². The molecular formula is C57H33N5. The maximum absolute atomic E-state index is 10.8. The Bertz CT molecular complexity index is 3690. The number of aromatic nitrogens is 2. The van der Waals surface area contributed by atoms with Crippen LogP contribution in [0.2, 0.25) is 0 Å². The molecule has 11 rings (SSSR count). The molecular weight excluding hydrogens is 755 g/mol. The fraction of sp³-hybridized carbons (Fsp3) is 0. The van der Waals surface area contributed by atoms with E-state index >= 15 is 0 Å². The van der Waals surface area contributed by atoms with Crippen LogP contribution in [0.3, 0.4) is 0 Å². The van der Waals surface area contributed by atoms with E-state index in [0.29, 0.717) is 27.8 Å². The average molecular weight is 788 g/mol. The summed E-state index contributed by atoms with van der Waals surface area (Å²) < 4.78 is 4.71. The van der Waals surface area contributed by atoms with Crippen LogP contribution in [0, 0.1) is 34.0 Å². The van der Waals surface area contributed by atoms with E-state index in [4.69, 9.17) is 0 Å². The maximum atomic E-state index is 10.8. The van der Waals surface area contributed by atoms with E-state index in [1.54, 1.807) is 0 Å². The molecule has 0 unspecified atom stereocenters. The number of para-hydroxylation sites is 3. The zero-order chi connectivity index (χ0) is 41.7. The third-order valence-electron chi connectivity index (χ3n) is 12.1. The molecule has 62 heavy (non-hydrogen) atoms. The molecule has 286 valence electrons. The molecule has 9 aromatic carbocycles. The van der Waals surface area contributed by atoms with Gasteiger partial charge in [0.15, 0.2) is 0 Å². The van der Waals surface area contributed by atoms with E-state index in [2.05, 4.69) is 137 Å². The number of nitrogens with zero attached hydrogens (tertiary/aromatic N) is 5. The summed E-state index contributed by atoms with van der Waals surface area (Å²) in [5.41, 5.74) is 13.8. The highest BCUT2D eigenvalue weighted by molar-refractivity contribution is 6.26. The maximum Gasteiger partial charge on any atom is 0.100 e. The van der Waals surface area contributed by atoms with Crippen LogP contribution in [0.4, 0.5) is 0 Å². The molecule has 11 aromatic rings. The summed E-state index contributed by atoms with van der Waals surface area (Å²) >= 11 is 0. The van der Waals surface area contributed by atoms with Gasteiger partial charge in [0.1, 0.15) is 12.1 Å². The van der Waals surface area contributed by atoms with Gasteiger partial charge in [0.2, 0.25) is 0 Å². The fourth-order valence-electron chi connectivity index (χ4n) is 9.36. The quantitative estimate of drug-likeness (QED) is 0.168. The molecule has 0 spiro atoms. The number of benzene rings is 9. The molecule has 0 aliphatic heterocycles. The van der Waals surface area contributed by atoms with E-state index in [0.717, 1.165) is 77.6 Å². The smallest absolute Gasteiger partial charge is 0.100 e. The molecule has 0 aliphatic carbocycles. The van der Waals surface area contributed by atoms with Gasteiger partial charge in [-0.25, -0.2) is 0 Å². The molecule has 2 heterocycles.